The van der Waals surface area contributed by atoms with Crippen molar-refractivity contribution in [1.82, 2.24) is 15.5 Å². The second-order valence-electron chi connectivity index (χ2n) is 6.86. The van der Waals surface area contributed by atoms with Crippen LogP contribution in [-0.4, -0.2) is 75.5 Å². The molecule has 30 heavy (non-hydrogen) atoms. The van der Waals surface area contributed by atoms with Crippen LogP contribution in [-0.2, 0) is 22.4 Å². The number of aliphatic hydroxyl groups excluding tert-OH is 2. The van der Waals surface area contributed by atoms with Crippen molar-refractivity contribution in [3.05, 3.63) is 29.0 Å². The molecule has 11 nitrogen and oxygen atoms in total. The molecular weight excluding hydrogens is 398 g/mol. The number of hydrogen-bond acceptors (Lipinski definition) is 8. The molecule has 2 aliphatic rings. The number of ether oxygens (including phenoxy) is 2. The van der Waals surface area contributed by atoms with Crippen molar-refractivity contribution < 1.29 is 39.5 Å². The van der Waals surface area contributed by atoms with Gasteiger partial charge in [0.1, 0.15) is 0 Å². The Morgan fingerprint density at radius 1 is 1.13 bits per heavy atom. The topological polar surface area (TPSA) is 174 Å². The van der Waals surface area contributed by atoms with E-state index < -0.39 is 24.1 Å². The molecule has 3 atom stereocenters. The van der Waals surface area contributed by atoms with Gasteiger partial charge in [-0.15, -0.1) is 0 Å². The number of benzene rings is 1. The predicted molar refractivity (Wildman–Crippen MR) is 103 cm³/mol. The molecule has 0 saturated carbocycles. The minimum atomic E-state index is -2.27. The Hall–Kier alpha value is -3.15. The molecule has 0 bridgehead atoms. The van der Waals surface area contributed by atoms with E-state index >= 15 is 0 Å². The number of aromatic amines is 1. The normalized spacial score (nSPS) is 18.1. The zero-order valence-corrected chi connectivity index (χ0v) is 16.4. The summed E-state index contributed by atoms with van der Waals surface area (Å²) in [5.74, 6) is -1.95. The first-order valence-corrected chi connectivity index (χ1v) is 9.15. The summed E-state index contributed by atoms with van der Waals surface area (Å²) in [4.78, 5) is 19.5. The first-order chi connectivity index (χ1) is 14.3. The van der Waals surface area contributed by atoms with Crippen molar-refractivity contribution in [3.63, 3.8) is 0 Å². The van der Waals surface area contributed by atoms with Gasteiger partial charge in [-0.05, 0) is 42.1 Å². The monoisotopic (exact) mass is 421 g/mol. The number of H-pyrrole nitrogens is 1. The van der Waals surface area contributed by atoms with E-state index in [0.717, 1.165) is 42.1 Å². The van der Waals surface area contributed by atoms with E-state index in [-0.39, 0.29) is 0 Å². The highest BCUT2D eigenvalue weighted by molar-refractivity contribution is 5.83. The number of fused-ring (bicyclic) bond motifs is 2. The van der Waals surface area contributed by atoms with Gasteiger partial charge in [0.05, 0.1) is 31.7 Å². The average Bonchev–Trinajstić information content (AvgIpc) is 3.21. The summed E-state index contributed by atoms with van der Waals surface area (Å²) in [5.41, 5.74) is 6.09. The van der Waals surface area contributed by atoms with Gasteiger partial charge in [-0.3, -0.25) is 5.10 Å². The standard InChI is InChI=1S/C15H17N3O2.C4H6O6/c1-19-11-6-8-3-4-16-10-5-9-7-17-18-14(9)13(12(8)10)15(11)20-2;5-1(3(7)8)2(6)4(9)10/h6-7,10,16H,3-5H2,1-2H3,(H,17,18);1-2,5-6H,(H,7,8)(H,9,10). The van der Waals surface area contributed by atoms with Gasteiger partial charge in [0.25, 0.3) is 0 Å². The lowest BCUT2D eigenvalue weighted by molar-refractivity contribution is -0.165. The number of methoxy groups -OCH3 is 2. The van der Waals surface area contributed by atoms with Gasteiger partial charge >= 0.3 is 11.9 Å². The molecule has 4 rings (SSSR count). The van der Waals surface area contributed by atoms with Crippen LogP contribution >= 0.6 is 0 Å². The number of hydrogen-bond donors (Lipinski definition) is 6. The van der Waals surface area contributed by atoms with E-state index in [9.17, 15) is 9.59 Å². The van der Waals surface area contributed by atoms with E-state index in [1.54, 1.807) is 14.2 Å². The zero-order chi connectivity index (χ0) is 22.0. The Bertz CT molecular complexity index is 939. The van der Waals surface area contributed by atoms with Crippen LogP contribution in [0, 0.1) is 0 Å². The number of aliphatic hydroxyl groups is 2. The quantitative estimate of drug-likeness (QED) is 0.376. The summed E-state index contributed by atoms with van der Waals surface area (Å²) in [5, 5.41) is 43.5. The minimum absolute atomic E-state index is 0.346. The van der Waals surface area contributed by atoms with Crippen molar-refractivity contribution in [2.45, 2.75) is 31.1 Å². The van der Waals surface area contributed by atoms with Gasteiger partial charge in [-0.25, -0.2) is 9.59 Å². The number of rotatable bonds is 5. The molecule has 11 heteroatoms. The third-order valence-corrected chi connectivity index (χ3v) is 5.13. The number of aromatic nitrogens is 2. The molecule has 0 fully saturated rings. The molecule has 2 heterocycles. The van der Waals surface area contributed by atoms with Crippen LogP contribution in [0.4, 0.5) is 0 Å². The molecule has 0 radical (unpaired) electrons. The van der Waals surface area contributed by atoms with Gasteiger partial charge in [0.2, 0.25) is 0 Å². The van der Waals surface area contributed by atoms with Gasteiger partial charge < -0.3 is 35.2 Å². The Labute approximate surface area is 171 Å². The molecule has 0 saturated heterocycles. The maximum atomic E-state index is 9.77. The van der Waals surface area contributed by atoms with Gasteiger partial charge in [0, 0.05) is 6.04 Å². The molecule has 1 aliphatic heterocycles. The fraction of sp³-hybridized carbons (Fsp3) is 0.421. The molecule has 0 spiro atoms. The smallest absolute Gasteiger partial charge is 0.335 e. The second-order valence-corrected chi connectivity index (χ2v) is 6.86. The Kier molecular flexibility index (Phi) is 6.25. The minimum Gasteiger partial charge on any atom is -0.493 e. The van der Waals surface area contributed by atoms with E-state index in [4.69, 9.17) is 29.9 Å². The van der Waals surface area contributed by atoms with Gasteiger partial charge in [-0.2, -0.15) is 5.10 Å². The fourth-order valence-electron chi connectivity index (χ4n) is 3.74. The number of carbonyl (C=O) groups is 2. The maximum Gasteiger partial charge on any atom is 0.335 e. The van der Waals surface area contributed by atoms with Crippen LogP contribution in [0.3, 0.4) is 0 Å². The lowest BCUT2D eigenvalue weighted by atomic mass is 9.80. The number of nitrogens with one attached hydrogen (secondary N) is 2. The van der Waals surface area contributed by atoms with Crippen LogP contribution < -0.4 is 14.8 Å². The number of carboxylic acid groups (broad SMARTS) is 2. The van der Waals surface area contributed by atoms with Crippen LogP contribution in [0.25, 0.3) is 11.3 Å². The molecule has 0 amide bonds. The molecule has 162 valence electrons. The molecule has 1 aromatic heterocycles. The van der Waals surface area contributed by atoms with Crippen LogP contribution in [0.5, 0.6) is 11.5 Å². The lowest BCUT2D eigenvalue weighted by Gasteiger charge is -2.34. The van der Waals surface area contributed by atoms with Crippen molar-refractivity contribution in [3.8, 4) is 22.8 Å². The molecular formula is C19H23N3O8. The summed E-state index contributed by atoms with van der Waals surface area (Å²) in [7, 11) is 3.38. The third-order valence-electron chi connectivity index (χ3n) is 5.13. The van der Waals surface area contributed by atoms with E-state index in [1.165, 1.54) is 16.7 Å². The summed E-state index contributed by atoms with van der Waals surface area (Å²) >= 11 is 0. The number of carboxylic acids is 2. The van der Waals surface area contributed by atoms with Crippen molar-refractivity contribution in [1.29, 1.82) is 0 Å². The van der Waals surface area contributed by atoms with Crippen molar-refractivity contribution in [2.75, 3.05) is 20.8 Å². The number of nitrogens with zero attached hydrogens (tertiary/aromatic N) is 1. The highest BCUT2D eigenvalue weighted by Crippen LogP contribution is 2.49. The molecule has 2 aromatic rings. The van der Waals surface area contributed by atoms with Gasteiger partial charge in [-0.1, -0.05) is 0 Å². The summed E-state index contributed by atoms with van der Waals surface area (Å²) in [6, 6.07) is 2.46. The SMILES string of the molecule is COc1cc2c3c(c1OC)-c1[nH]ncc1CC3NCC2.O=C(O)C(O)C(O)C(=O)O. The first kappa shape index (κ1) is 21.6. The highest BCUT2D eigenvalue weighted by Gasteiger charge is 2.34. The number of aliphatic carboxylic acids is 2. The Morgan fingerprint density at radius 2 is 1.80 bits per heavy atom. The lowest BCUT2D eigenvalue weighted by Crippen LogP contribution is -2.39. The molecule has 6 N–H and O–H groups in total. The van der Waals surface area contributed by atoms with Crippen LogP contribution in [0.1, 0.15) is 22.7 Å². The Morgan fingerprint density at radius 3 is 2.37 bits per heavy atom. The molecule has 1 aliphatic carbocycles. The van der Waals surface area contributed by atoms with E-state index in [1.807, 2.05) is 6.20 Å². The Balaban J connectivity index is 0.000000220. The average molecular weight is 421 g/mol. The summed E-state index contributed by atoms with van der Waals surface area (Å²) in [6.07, 6.45) is -0.632. The predicted octanol–water partition coefficient (Wildman–Crippen LogP) is -0.286. The van der Waals surface area contributed by atoms with Gasteiger partial charge in [0.15, 0.2) is 23.7 Å². The third kappa shape index (κ3) is 3.82. The van der Waals surface area contributed by atoms with Crippen LogP contribution in [0.15, 0.2) is 12.3 Å². The largest absolute Gasteiger partial charge is 0.493 e. The molecule has 1 aromatic carbocycles. The van der Waals surface area contributed by atoms with E-state index in [2.05, 4.69) is 21.6 Å². The molecule has 3 unspecified atom stereocenters. The fourth-order valence-corrected chi connectivity index (χ4v) is 3.74. The van der Waals surface area contributed by atoms with Crippen molar-refractivity contribution >= 4 is 11.9 Å². The maximum absolute atomic E-state index is 9.77. The van der Waals surface area contributed by atoms with Crippen molar-refractivity contribution in [2.24, 2.45) is 0 Å². The second kappa shape index (κ2) is 8.69. The highest BCUT2D eigenvalue weighted by atomic mass is 16.5. The summed E-state index contributed by atoms with van der Waals surface area (Å²) in [6.45, 7) is 1.000. The van der Waals surface area contributed by atoms with Crippen LogP contribution in [0.2, 0.25) is 0 Å². The summed E-state index contributed by atoms with van der Waals surface area (Å²) < 4.78 is 11.1. The zero-order valence-electron chi connectivity index (χ0n) is 16.4. The van der Waals surface area contributed by atoms with E-state index in [0.29, 0.717) is 6.04 Å². The first-order valence-electron chi connectivity index (χ1n) is 9.15.